The van der Waals surface area contributed by atoms with Gasteiger partial charge in [-0.05, 0) is 64.5 Å². The fraction of sp³-hybridized carbons (Fsp3) is 0.320. The van der Waals surface area contributed by atoms with Crippen molar-refractivity contribution < 1.29 is 31.1 Å². The SMILES string of the molecule is O=C(Cn1nc(C(F)F)c2c1C(F)(F)[C@@H]1C[C@H]21)N[C@H](Cc1cc(F)cc(F)c1)c1nc2[nH]ccc2cc1Br. The van der Waals surface area contributed by atoms with Crippen molar-refractivity contribution in [3.05, 3.63) is 80.8 Å². The number of rotatable bonds is 7. The predicted molar refractivity (Wildman–Crippen MR) is 127 cm³/mol. The van der Waals surface area contributed by atoms with E-state index in [1.165, 1.54) is 0 Å². The molecule has 1 fully saturated rings. The third-order valence-electron chi connectivity index (χ3n) is 7.00. The zero-order valence-corrected chi connectivity index (χ0v) is 20.9. The lowest BCUT2D eigenvalue weighted by Crippen LogP contribution is -2.35. The average Bonchev–Trinajstić information content (AvgIpc) is 3.24. The van der Waals surface area contributed by atoms with Gasteiger partial charge in [0.15, 0.2) is 0 Å². The predicted octanol–water partition coefficient (Wildman–Crippen LogP) is 6.05. The van der Waals surface area contributed by atoms with Crippen LogP contribution in [0.15, 0.2) is 41.0 Å². The molecule has 0 bridgehead atoms. The number of carbonyl (C=O) groups excluding carboxylic acids is 1. The Balaban J connectivity index is 1.33. The van der Waals surface area contributed by atoms with Crippen molar-refractivity contribution >= 4 is 32.9 Å². The van der Waals surface area contributed by atoms with E-state index in [-0.39, 0.29) is 24.0 Å². The highest BCUT2D eigenvalue weighted by Crippen LogP contribution is 2.68. The first-order valence-corrected chi connectivity index (χ1v) is 12.5. The molecule has 6 nitrogen and oxygen atoms in total. The molecule has 4 aromatic rings. The molecule has 3 aromatic heterocycles. The summed E-state index contributed by atoms with van der Waals surface area (Å²) in [5.41, 5.74) is -0.552. The molecule has 1 aromatic carbocycles. The lowest BCUT2D eigenvalue weighted by atomic mass is 10.0. The lowest BCUT2D eigenvalue weighted by molar-refractivity contribution is -0.123. The van der Waals surface area contributed by atoms with Crippen LogP contribution in [0.3, 0.4) is 0 Å². The maximum absolute atomic E-state index is 14.9. The maximum Gasteiger partial charge on any atom is 0.293 e. The van der Waals surface area contributed by atoms with Gasteiger partial charge in [-0.3, -0.25) is 9.48 Å². The minimum absolute atomic E-state index is 0.0992. The molecule has 0 radical (unpaired) electrons. The number of benzene rings is 1. The number of alkyl halides is 4. The summed E-state index contributed by atoms with van der Waals surface area (Å²) in [6, 6.07) is 5.46. The van der Waals surface area contributed by atoms with Crippen molar-refractivity contribution in [2.24, 2.45) is 5.92 Å². The normalized spacial score (nSPS) is 20.0. The molecular formula is C25H18BrF6N5O. The standard InChI is InChI=1S/C25H18BrF6N5O/c26-16-6-11-1-2-33-24(11)35-20(16)17(5-10-3-12(27)7-13(28)4-10)34-18(38)9-37-22-19(21(36-37)23(29)30)14-8-15(14)25(22,31)32/h1-4,6-7,14-15,17,23H,5,8-9H2,(H,33,35)(H,34,38)/t14-,15+,17+/m0/s1. The molecule has 2 aliphatic carbocycles. The van der Waals surface area contributed by atoms with E-state index in [1.54, 1.807) is 18.3 Å². The van der Waals surface area contributed by atoms with E-state index < -0.39 is 65.7 Å². The van der Waals surface area contributed by atoms with Crippen LogP contribution in [0.2, 0.25) is 0 Å². The van der Waals surface area contributed by atoms with Gasteiger partial charge in [0.2, 0.25) is 5.91 Å². The van der Waals surface area contributed by atoms with Crippen LogP contribution < -0.4 is 5.32 Å². The van der Waals surface area contributed by atoms with Gasteiger partial charge in [-0.25, -0.2) is 22.5 Å². The van der Waals surface area contributed by atoms with Crippen molar-refractivity contribution in [1.82, 2.24) is 25.1 Å². The first kappa shape index (κ1) is 25.0. The number of nitrogens with zero attached hydrogens (tertiary/aromatic N) is 3. The van der Waals surface area contributed by atoms with Crippen LogP contribution >= 0.6 is 15.9 Å². The largest absolute Gasteiger partial charge is 0.346 e. The van der Waals surface area contributed by atoms with Gasteiger partial charge in [0.25, 0.3) is 12.3 Å². The summed E-state index contributed by atoms with van der Waals surface area (Å²) in [5, 5.41) is 7.10. The van der Waals surface area contributed by atoms with Crippen molar-refractivity contribution in [2.45, 2.75) is 43.7 Å². The van der Waals surface area contributed by atoms with Crippen LogP contribution in [0.4, 0.5) is 26.3 Å². The summed E-state index contributed by atoms with van der Waals surface area (Å²) < 4.78 is 85.9. The molecule has 13 heteroatoms. The van der Waals surface area contributed by atoms with Gasteiger partial charge < -0.3 is 10.3 Å². The average molecular weight is 598 g/mol. The molecule has 38 heavy (non-hydrogen) atoms. The highest BCUT2D eigenvalue weighted by atomic mass is 79.9. The number of aromatic amines is 1. The monoisotopic (exact) mass is 597 g/mol. The zero-order valence-electron chi connectivity index (χ0n) is 19.3. The summed E-state index contributed by atoms with van der Waals surface area (Å²) in [7, 11) is 0. The molecule has 0 spiro atoms. The second-order valence-corrected chi connectivity index (χ2v) is 10.4. The Hall–Kier alpha value is -3.35. The molecule has 0 saturated heterocycles. The van der Waals surface area contributed by atoms with E-state index in [1.807, 2.05) is 0 Å². The van der Waals surface area contributed by atoms with Gasteiger partial charge in [-0.2, -0.15) is 13.9 Å². The molecule has 198 valence electrons. The van der Waals surface area contributed by atoms with Crippen LogP contribution in [0, 0.1) is 17.6 Å². The van der Waals surface area contributed by atoms with Crippen LogP contribution in [0.1, 0.15) is 53.0 Å². The molecule has 3 heterocycles. The van der Waals surface area contributed by atoms with Gasteiger partial charge in [0.1, 0.15) is 35.2 Å². The van der Waals surface area contributed by atoms with Gasteiger partial charge in [-0.15, -0.1) is 0 Å². The molecule has 2 N–H and O–H groups in total. The fourth-order valence-corrected chi connectivity index (χ4v) is 5.96. The second kappa shape index (κ2) is 8.85. The van der Waals surface area contributed by atoms with Gasteiger partial charge in [0.05, 0.1) is 11.7 Å². The number of nitrogens with one attached hydrogen (secondary N) is 2. The van der Waals surface area contributed by atoms with E-state index in [0.717, 1.165) is 17.5 Å². The van der Waals surface area contributed by atoms with Crippen molar-refractivity contribution in [3.63, 3.8) is 0 Å². The number of aromatic nitrogens is 4. The number of hydrogen-bond acceptors (Lipinski definition) is 3. The van der Waals surface area contributed by atoms with Gasteiger partial charge in [0, 0.05) is 33.6 Å². The molecule has 1 amide bonds. The number of H-pyrrole nitrogens is 1. The topological polar surface area (TPSA) is 75.6 Å². The first-order valence-electron chi connectivity index (χ1n) is 11.7. The second-order valence-electron chi connectivity index (χ2n) is 9.55. The van der Waals surface area contributed by atoms with E-state index in [2.05, 4.69) is 36.3 Å². The molecule has 0 aliphatic heterocycles. The molecule has 1 saturated carbocycles. The molecular weight excluding hydrogens is 580 g/mol. The number of carbonyl (C=O) groups is 1. The van der Waals surface area contributed by atoms with Gasteiger partial charge >= 0.3 is 0 Å². The Morgan fingerprint density at radius 2 is 1.92 bits per heavy atom. The van der Waals surface area contributed by atoms with Crippen LogP contribution in [0.25, 0.3) is 11.0 Å². The summed E-state index contributed by atoms with van der Waals surface area (Å²) in [5.74, 6) is -7.57. The minimum Gasteiger partial charge on any atom is -0.346 e. The minimum atomic E-state index is -3.37. The number of hydrogen-bond donors (Lipinski definition) is 2. The number of pyridine rings is 1. The Bertz CT molecular complexity index is 1560. The Morgan fingerprint density at radius 1 is 1.18 bits per heavy atom. The summed E-state index contributed by atoms with van der Waals surface area (Å²) >= 11 is 3.41. The third-order valence-corrected chi connectivity index (χ3v) is 7.64. The highest BCUT2D eigenvalue weighted by Gasteiger charge is 2.67. The fourth-order valence-electron chi connectivity index (χ4n) is 5.35. The zero-order chi connectivity index (χ0) is 26.9. The smallest absolute Gasteiger partial charge is 0.293 e. The van der Waals surface area contributed by atoms with E-state index in [0.29, 0.717) is 26.6 Å². The molecule has 3 atom stereocenters. The number of fused-ring (bicyclic) bond motifs is 4. The van der Waals surface area contributed by atoms with Gasteiger partial charge in [-0.1, -0.05) is 0 Å². The Labute approximate surface area is 219 Å². The summed E-state index contributed by atoms with van der Waals surface area (Å²) in [4.78, 5) is 20.6. The maximum atomic E-state index is 14.9. The number of amides is 1. The third kappa shape index (κ3) is 4.16. The van der Waals surface area contributed by atoms with Crippen LogP contribution in [-0.2, 0) is 23.7 Å². The Morgan fingerprint density at radius 3 is 2.63 bits per heavy atom. The van der Waals surface area contributed by atoms with Crippen molar-refractivity contribution in [2.75, 3.05) is 0 Å². The van der Waals surface area contributed by atoms with Crippen LogP contribution in [-0.4, -0.2) is 25.7 Å². The van der Waals surface area contributed by atoms with E-state index in [4.69, 9.17) is 0 Å². The lowest BCUT2D eigenvalue weighted by Gasteiger charge is -2.21. The van der Waals surface area contributed by atoms with E-state index >= 15 is 0 Å². The summed E-state index contributed by atoms with van der Waals surface area (Å²) in [6.45, 7) is -0.750. The van der Waals surface area contributed by atoms with Crippen molar-refractivity contribution in [3.8, 4) is 0 Å². The summed E-state index contributed by atoms with van der Waals surface area (Å²) in [6.07, 6.45) is -1.40. The highest BCUT2D eigenvalue weighted by molar-refractivity contribution is 9.10. The van der Waals surface area contributed by atoms with Crippen LogP contribution in [0.5, 0.6) is 0 Å². The van der Waals surface area contributed by atoms with E-state index in [9.17, 15) is 31.1 Å². The number of halogens is 7. The first-order chi connectivity index (χ1) is 18.0. The molecule has 6 rings (SSSR count). The quantitative estimate of drug-likeness (QED) is 0.255. The molecule has 2 aliphatic rings. The molecule has 0 unspecified atom stereocenters. The Kier molecular flexibility index (Phi) is 5.82. The van der Waals surface area contributed by atoms with Crippen molar-refractivity contribution in [1.29, 1.82) is 0 Å².